The van der Waals surface area contributed by atoms with Gasteiger partial charge in [0.15, 0.2) is 0 Å². The molecule has 0 saturated carbocycles. The van der Waals surface area contributed by atoms with E-state index >= 15 is 0 Å². The second-order valence-corrected chi connectivity index (χ2v) is 4.48. The van der Waals surface area contributed by atoms with E-state index in [-0.39, 0.29) is 5.82 Å². The van der Waals surface area contributed by atoms with E-state index in [9.17, 15) is 4.39 Å². The van der Waals surface area contributed by atoms with Gasteiger partial charge in [-0.2, -0.15) is 5.26 Å². The molecule has 0 fully saturated rings. The molecule has 2 N–H and O–H groups in total. The van der Waals surface area contributed by atoms with Crippen LogP contribution in [0, 0.1) is 17.1 Å². The Bertz CT molecular complexity index is 590. The van der Waals surface area contributed by atoms with Gasteiger partial charge in [-0.05, 0) is 30.3 Å². The Labute approximate surface area is 103 Å². The molecule has 0 aliphatic rings. The van der Waals surface area contributed by atoms with Crippen molar-refractivity contribution < 1.29 is 4.39 Å². The summed E-state index contributed by atoms with van der Waals surface area (Å²) >= 11 is 1.25. The molecule has 0 amide bonds. The Hall–Kier alpha value is -1.99. The van der Waals surface area contributed by atoms with Gasteiger partial charge in [-0.1, -0.05) is 23.9 Å². The van der Waals surface area contributed by atoms with Gasteiger partial charge in [-0.25, -0.2) is 4.39 Å². The van der Waals surface area contributed by atoms with Crippen LogP contribution in [0.5, 0.6) is 0 Å². The minimum absolute atomic E-state index is 0.277. The number of nitriles is 1. The minimum Gasteiger partial charge on any atom is -0.398 e. The number of anilines is 1. The van der Waals surface area contributed by atoms with Gasteiger partial charge in [0.05, 0.1) is 11.6 Å². The van der Waals surface area contributed by atoms with E-state index in [2.05, 4.69) is 0 Å². The zero-order valence-electron chi connectivity index (χ0n) is 8.85. The van der Waals surface area contributed by atoms with Crippen molar-refractivity contribution in [1.82, 2.24) is 0 Å². The van der Waals surface area contributed by atoms with Gasteiger partial charge >= 0.3 is 0 Å². The molecule has 0 unspecified atom stereocenters. The van der Waals surface area contributed by atoms with Crippen LogP contribution in [-0.2, 0) is 0 Å². The number of nitrogens with zero attached hydrogens (tertiary/aromatic N) is 1. The van der Waals surface area contributed by atoms with Crippen LogP contribution in [0.2, 0.25) is 0 Å². The third kappa shape index (κ3) is 2.58. The fourth-order valence-corrected chi connectivity index (χ4v) is 2.22. The first kappa shape index (κ1) is 11.5. The predicted molar refractivity (Wildman–Crippen MR) is 66.1 cm³/mol. The zero-order chi connectivity index (χ0) is 12.3. The average Bonchev–Trinajstić information content (AvgIpc) is 2.34. The lowest BCUT2D eigenvalue weighted by atomic mass is 10.2. The van der Waals surface area contributed by atoms with Crippen molar-refractivity contribution in [3.05, 3.63) is 53.8 Å². The smallest absolute Gasteiger partial charge is 0.137 e. The predicted octanol–water partition coefficient (Wildman–Crippen LogP) is 3.43. The van der Waals surface area contributed by atoms with E-state index in [4.69, 9.17) is 11.0 Å². The monoisotopic (exact) mass is 244 g/mol. The van der Waals surface area contributed by atoms with Crippen LogP contribution in [0.1, 0.15) is 5.56 Å². The highest BCUT2D eigenvalue weighted by atomic mass is 32.2. The number of hydrogen-bond acceptors (Lipinski definition) is 3. The van der Waals surface area contributed by atoms with Gasteiger partial charge in [0, 0.05) is 15.5 Å². The number of benzene rings is 2. The van der Waals surface area contributed by atoms with Crippen LogP contribution in [0.15, 0.2) is 52.3 Å². The van der Waals surface area contributed by atoms with Gasteiger partial charge in [0.2, 0.25) is 0 Å². The van der Waals surface area contributed by atoms with E-state index < -0.39 is 0 Å². The maximum absolute atomic E-state index is 13.4. The second kappa shape index (κ2) is 4.89. The molecule has 0 atom stereocenters. The van der Waals surface area contributed by atoms with E-state index in [1.165, 1.54) is 17.8 Å². The molecule has 17 heavy (non-hydrogen) atoms. The molecule has 0 spiro atoms. The summed E-state index contributed by atoms with van der Waals surface area (Å²) in [6.07, 6.45) is 0. The third-order valence-corrected chi connectivity index (χ3v) is 3.34. The molecule has 0 saturated heterocycles. The van der Waals surface area contributed by atoms with Crippen molar-refractivity contribution in [2.75, 3.05) is 5.73 Å². The second-order valence-electron chi connectivity index (χ2n) is 3.40. The van der Waals surface area contributed by atoms with Gasteiger partial charge in [0.25, 0.3) is 0 Å². The fraction of sp³-hybridized carbons (Fsp3) is 0. The minimum atomic E-state index is -0.277. The van der Waals surface area contributed by atoms with Crippen LogP contribution in [0.3, 0.4) is 0 Å². The van der Waals surface area contributed by atoms with Gasteiger partial charge in [-0.15, -0.1) is 0 Å². The SMILES string of the molecule is N#Cc1ccc(Sc2ccccc2F)c(N)c1. The molecule has 0 radical (unpaired) electrons. The van der Waals surface area contributed by atoms with Crippen molar-refractivity contribution in [3.63, 3.8) is 0 Å². The molecule has 0 heterocycles. The molecule has 4 heteroatoms. The first-order valence-corrected chi connectivity index (χ1v) is 5.74. The molecule has 0 bridgehead atoms. The summed E-state index contributed by atoms with van der Waals surface area (Å²) in [5.41, 5.74) is 6.78. The van der Waals surface area contributed by atoms with Crippen molar-refractivity contribution >= 4 is 17.4 Å². The largest absolute Gasteiger partial charge is 0.398 e. The first-order valence-electron chi connectivity index (χ1n) is 4.92. The Balaban J connectivity index is 2.32. The molecular formula is C13H9FN2S. The number of nitrogens with two attached hydrogens (primary N) is 1. The van der Waals surface area contributed by atoms with Gasteiger partial charge in [-0.3, -0.25) is 0 Å². The number of nitrogen functional groups attached to an aromatic ring is 1. The number of hydrogen-bond donors (Lipinski definition) is 1. The molecule has 84 valence electrons. The van der Waals surface area contributed by atoms with E-state index in [1.807, 2.05) is 6.07 Å². The maximum Gasteiger partial charge on any atom is 0.137 e. The highest BCUT2D eigenvalue weighted by molar-refractivity contribution is 7.99. The van der Waals surface area contributed by atoms with Crippen molar-refractivity contribution in [1.29, 1.82) is 5.26 Å². The summed E-state index contributed by atoms with van der Waals surface area (Å²) < 4.78 is 13.4. The van der Waals surface area contributed by atoms with Crippen molar-refractivity contribution in [3.8, 4) is 6.07 Å². The summed E-state index contributed by atoms with van der Waals surface area (Å²) in [6, 6.07) is 13.5. The van der Waals surface area contributed by atoms with Crippen LogP contribution in [0.25, 0.3) is 0 Å². The topological polar surface area (TPSA) is 49.8 Å². The molecule has 2 aromatic rings. The molecule has 2 nitrogen and oxygen atoms in total. The Morgan fingerprint density at radius 1 is 1.12 bits per heavy atom. The summed E-state index contributed by atoms with van der Waals surface area (Å²) in [6.45, 7) is 0. The molecule has 2 rings (SSSR count). The molecule has 2 aromatic carbocycles. The fourth-order valence-electron chi connectivity index (χ4n) is 1.36. The van der Waals surface area contributed by atoms with Crippen LogP contribution in [-0.4, -0.2) is 0 Å². The summed E-state index contributed by atoms with van der Waals surface area (Å²) in [5, 5.41) is 8.71. The Kier molecular flexibility index (Phi) is 3.31. The summed E-state index contributed by atoms with van der Waals surface area (Å²) in [4.78, 5) is 1.26. The van der Waals surface area contributed by atoms with E-state index in [1.54, 1.807) is 36.4 Å². The molecule has 0 aromatic heterocycles. The summed E-state index contributed by atoms with van der Waals surface area (Å²) in [7, 11) is 0. The van der Waals surface area contributed by atoms with Crippen molar-refractivity contribution in [2.24, 2.45) is 0 Å². The average molecular weight is 244 g/mol. The standard InChI is InChI=1S/C13H9FN2S/c14-10-3-1-2-4-12(10)17-13-6-5-9(8-15)7-11(13)16/h1-7H,16H2. The number of rotatable bonds is 2. The highest BCUT2D eigenvalue weighted by Gasteiger charge is 2.06. The van der Waals surface area contributed by atoms with Gasteiger partial charge < -0.3 is 5.73 Å². The quantitative estimate of drug-likeness (QED) is 0.823. The third-order valence-electron chi connectivity index (χ3n) is 2.20. The normalized spacial score (nSPS) is 9.88. The van der Waals surface area contributed by atoms with Gasteiger partial charge in [0.1, 0.15) is 5.82 Å². The molecule has 0 aliphatic heterocycles. The lowest BCUT2D eigenvalue weighted by Crippen LogP contribution is -1.90. The van der Waals surface area contributed by atoms with E-state index in [0.29, 0.717) is 16.1 Å². The lowest BCUT2D eigenvalue weighted by Gasteiger charge is -2.06. The molecule has 0 aliphatic carbocycles. The number of halogens is 1. The first-order chi connectivity index (χ1) is 8.20. The maximum atomic E-state index is 13.4. The zero-order valence-corrected chi connectivity index (χ0v) is 9.67. The van der Waals surface area contributed by atoms with Crippen LogP contribution < -0.4 is 5.73 Å². The highest BCUT2D eigenvalue weighted by Crippen LogP contribution is 2.33. The van der Waals surface area contributed by atoms with E-state index in [0.717, 1.165) is 4.90 Å². The molecular weight excluding hydrogens is 235 g/mol. The van der Waals surface area contributed by atoms with Crippen molar-refractivity contribution in [2.45, 2.75) is 9.79 Å². The van der Waals surface area contributed by atoms with Crippen LogP contribution >= 0.6 is 11.8 Å². The Morgan fingerprint density at radius 2 is 1.88 bits per heavy atom. The Morgan fingerprint density at radius 3 is 2.53 bits per heavy atom. The lowest BCUT2D eigenvalue weighted by molar-refractivity contribution is 0.602. The summed E-state index contributed by atoms with van der Waals surface area (Å²) in [5.74, 6) is -0.277. The van der Waals surface area contributed by atoms with Crippen LogP contribution in [0.4, 0.5) is 10.1 Å².